The molecule has 1 nitrogen and oxygen atoms in total. The van der Waals surface area contributed by atoms with Crippen LogP contribution in [0.5, 0.6) is 0 Å². The molecule has 0 saturated heterocycles. The lowest BCUT2D eigenvalue weighted by Crippen LogP contribution is -2.65. The fourth-order valence-electron chi connectivity index (χ4n) is 1.19. The summed E-state index contributed by atoms with van der Waals surface area (Å²) < 4.78 is 108. The van der Waals surface area contributed by atoms with Crippen LogP contribution in [0.25, 0.3) is 0 Å². The Kier molecular flexibility index (Phi) is 3.52. The molecule has 1 unspecified atom stereocenters. The normalized spacial score (nSPS) is 17.4. The standard InChI is InChI=1S/C6H5F9O/c1-2(16)3(4(7,8)9,5(10,11)12)6(13,14)15/h2,16H,1H3. The molecule has 0 aliphatic rings. The van der Waals surface area contributed by atoms with Gasteiger partial charge in [0.15, 0.2) is 0 Å². The molecule has 0 saturated carbocycles. The van der Waals surface area contributed by atoms with Gasteiger partial charge in [-0.2, -0.15) is 39.5 Å². The number of aliphatic hydroxyl groups excluding tert-OH is 1. The summed E-state index contributed by atoms with van der Waals surface area (Å²) in [4.78, 5) is 0. The summed E-state index contributed by atoms with van der Waals surface area (Å²) in [6.07, 6.45) is -23.8. The number of rotatable bonds is 1. The number of halogens is 9. The second-order valence-corrected chi connectivity index (χ2v) is 2.98. The SMILES string of the molecule is CC(O)C(C(F)(F)F)(C(F)(F)F)C(F)(F)F. The molecule has 0 heterocycles. The smallest absolute Gasteiger partial charge is 0.392 e. The third-order valence-electron chi connectivity index (χ3n) is 1.97. The molecule has 0 aromatic rings. The summed E-state index contributed by atoms with van der Waals surface area (Å²) in [6.45, 7) is -0.214. The van der Waals surface area contributed by atoms with E-state index in [0.717, 1.165) is 0 Å². The van der Waals surface area contributed by atoms with Gasteiger partial charge in [-0.05, 0) is 6.92 Å². The van der Waals surface area contributed by atoms with Crippen molar-refractivity contribution in [3.8, 4) is 0 Å². The molecule has 0 aliphatic heterocycles. The Morgan fingerprint density at radius 1 is 0.688 bits per heavy atom. The molecule has 0 aliphatic carbocycles. The van der Waals surface area contributed by atoms with Crippen LogP contribution in [0.2, 0.25) is 0 Å². The first-order valence-electron chi connectivity index (χ1n) is 3.58. The Hall–Kier alpha value is -0.670. The Balaban J connectivity index is 6.05. The van der Waals surface area contributed by atoms with Gasteiger partial charge in [0.2, 0.25) is 0 Å². The highest BCUT2D eigenvalue weighted by molar-refractivity contribution is 5.02. The van der Waals surface area contributed by atoms with Gasteiger partial charge in [-0.1, -0.05) is 0 Å². The quantitative estimate of drug-likeness (QED) is 0.722. The maximum absolute atomic E-state index is 12.0. The van der Waals surface area contributed by atoms with E-state index < -0.39 is 30.0 Å². The minimum Gasteiger partial charge on any atom is -0.392 e. The zero-order valence-electron chi connectivity index (χ0n) is 7.43. The van der Waals surface area contributed by atoms with Crippen molar-refractivity contribution in [2.75, 3.05) is 0 Å². The van der Waals surface area contributed by atoms with Gasteiger partial charge < -0.3 is 5.11 Å². The molecule has 0 fully saturated rings. The Morgan fingerprint density at radius 3 is 0.875 bits per heavy atom. The second kappa shape index (κ2) is 3.67. The maximum Gasteiger partial charge on any atom is 0.414 e. The summed E-state index contributed by atoms with van der Waals surface area (Å²) in [5.74, 6) is 0. The van der Waals surface area contributed by atoms with Gasteiger partial charge in [-0.3, -0.25) is 0 Å². The maximum atomic E-state index is 12.0. The molecular weight excluding hydrogens is 259 g/mol. The third kappa shape index (κ3) is 1.94. The highest BCUT2D eigenvalue weighted by atomic mass is 19.4. The van der Waals surface area contributed by atoms with E-state index in [9.17, 15) is 39.5 Å². The molecule has 0 amide bonds. The molecule has 0 spiro atoms. The Labute approximate surface area is 82.8 Å². The molecule has 1 atom stereocenters. The van der Waals surface area contributed by atoms with Crippen LogP contribution < -0.4 is 0 Å². The van der Waals surface area contributed by atoms with Crippen LogP contribution in [-0.4, -0.2) is 29.7 Å². The lowest BCUT2D eigenvalue weighted by atomic mass is 9.80. The first-order valence-corrected chi connectivity index (χ1v) is 3.58. The lowest BCUT2D eigenvalue weighted by Gasteiger charge is -2.40. The average Bonchev–Trinajstić information content (AvgIpc) is 1.71. The molecular formula is C6H5F9O. The minimum atomic E-state index is -6.70. The van der Waals surface area contributed by atoms with Gasteiger partial charge in [-0.25, -0.2) is 0 Å². The molecule has 0 aromatic heterocycles. The number of aliphatic hydroxyl groups is 1. The molecule has 0 aromatic carbocycles. The van der Waals surface area contributed by atoms with Crippen LogP contribution in [0.1, 0.15) is 6.92 Å². The fourth-order valence-corrected chi connectivity index (χ4v) is 1.19. The molecule has 10 heteroatoms. The van der Waals surface area contributed by atoms with Crippen molar-refractivity contribution in [2.24, 2.45) is 5.41 Å². The first kappa shape index (κ1) is 15.3. The van der Waals surface area contributed by atoms with Crippen molar-refractivity contribution in [3.63, 3.8) is 0 Å². The van der Waals surface area contributed by atoms with E-state index in [1.54, 1.807) is 0 Å². The highest BCUT2D eigenvalue weighted by Gasteiger charge is 2.85. The van der Waals surface area contributed by atoms with Crippen molar-refractivity contribution in [1.29, 1.82) is 0 Å². The third-order valence-corrected chi connectivity index (χ3v) is 1.97. The fraction of sp³-hybridized carbons (Fsp3) is 1.00. The van der Waals surface area contributed by atoms with E-state index in [1.165, 1.54) is 0 Å². The molecule has 16 heavy (non-hydrogen) atoms. The van der Waals surface area contributed by atoms with E-state index >= 15 is 0 Å². The van der Waals surface area contributed by atoms with Crippen LogP contribution in [0.4, 0.5) is 39.5 Å². The first-order chi connectivity index (χ1) is 6.69. The average molecular weight is 264 g/mol. The largest absolute Gasteiger partial charge is 0.414 e. The monoisotopic (exact) mass is 264 g/mol. The predicted molar refractivity (Wildman–Crippen MR) is 32.3 cm³/mol. The number of hydrogen-bond acceptors (Lipinski definition) is 1. The molecule has 98 valence electrons. The van der Waals surface area contributed by atoms with Crippen LogP contribution in [0.15, 0.2) is 0 Å². The van der Waals surface area contributed by atoms with E-state index in [2.05, 4.69) is 0 Å². The predicted octanol–water partition coefficient (Wildman–Crippen LogP) is 3.04. The molecule has 0 bridgehead atoms. The summed E-state index contributed by atoms with van der Waals surface area (Å²) in [6, 6.07) is 0. The zero-order chi connectivity index (χ0) is 13.6. The molecule has 0 rings (SSSR count). The number of hydrogen-bond donors (Lipinski definition) is 1. The minimum absolute atomic E-state index is 0.214. The highest BCUT2D eigenvalue weighted by Crippen LogP contribution is 2.61. The van der Waals surface area contributed by atoms with Crippen molar-refractivity contribution < 1.29 is 44.6 Å². The van der Waals surface area contributed by atoms with Gasteiger partial charge in [-0.15, -0.1) is 0 Å². The van der Waals surface area contributed by atoms with Gasteiger partial charge in [0.25, 0.3) is 5.41 Å². The van der Waals surface area contributed by atoms with Gasteiger partial charge in [0.1, 0.15) is 0 Å². The van der Waals surface area contributed by atoms with Crippen LogP contribution in [0, 0.1) is 5.41 Å². The summed E-state index contributed by atoms with van der Waals surface area (Å²) in [5, 5.41) is 8.31. The van der Waals surface area contributed by atoms with E-state index in [-0.39, 0.29) is 6.92 Å². The summed E-state index contributed by atoms with van der Waals surface area (Å²) >= 11 is 0. The lowest BCUT2D eigenvalue weighted by molar-refractivity contribution is -0.445. The second-order valence-electron chi connectivity index (χ2n) is 2.98. The molecule has 0 radical (unpaired) electrons. The summed E-state index contributed by atoms with van der Waals surface area (Å²) in [7, 11) is 0. The zero-order valence-corrected chi connectivity index (χ0v) is 7.43. The topological polar surface area (TPSA) is 20.2 Å². The van der Waals surface area contributed by atoms with E-state index in [0.29, 0.717) is 0 Å². The van der Waals surface area contributed by atoms with Gasteiger partial charge in [0, 0.05) is 0 Å². The summed E-state index contributed by atoms with van der Waals surface area (Å²) in [5.41, 5.74) is -6.13. The van der Waals surface area contributed by atoms with Crippen LogP contribution >= 0.6 is 0 Å². The van der Waals surface area contributed by atoms with Crippen molar-refractivity contribution in [1.82, 2.24) is 0 Å². The Morgan fingerprint density at radius 2 is 0.875 bits per heavy atom. The van der Waals surface area contributed by atoms with Gasteiger partial charge >= 0.3 is 18.5 Å². The number of alkyl halides is 9. The van der Waals surface area contributed by atoms with Crippen LogP contribution in [-0.2, 0) is 0 Å². The van der Waals surface area contributed by atoms with E-state index in [1.807, 2.05) is 0 Å². The van der Waals surface area contributed by atoms with E-state index in [4.69, 9.17) is 5.11 Å². The Bertz CT molecular complexity index is 208. The van der Waals surface area contributed by atoms with Crippen molar-refractivity contribution in [2.45, 2.75) is 31.6 Å². The molecule has 1 N–H and O–H groups in total. The van der Waals surface area contributed by atoms with Crippen LogP contribution in [0.3, 0.4) is 0 Å². The van der Waals surface area contributed by atoms with Crippen molar-refractivity contribution in [3.05, 3.63) is 0 Å². The van der Waals surface area contributed by atoms with Gasteiger partial charge in [0.05, 0.1) is 6.10 Å². The van der Waals surface area contributed by atoms with Crippen molar-refractivity contribution >= 4 is 0 Å².